The van der Waals surface area contributed by atoms with Crippen LogP contribution in [0.4, 0.5) is 11.4 Å². The van der Waals surface area contributed by atoms with Crippen LogP contribution in [0.5, 0.6) is 0 Å². The molecule has 100 valence electrons. The Labute approximate surface area is 112 Å². The number of carbonyl (C=O) groups excluding carboxylic acids is 2. The summed E-state index contributed by atoms with van der Waals surface area (Å²) in [4.78, 5) is 27.6. The third-order valence-electron chi connectivity index (χ3n) is 3.77. The molecule has 0 bridgehead atoms. The molecule has 19 heavy (non-hydrogen) atoms. The zero-order valence-corrected chi connectivity index (χ0v) is 11.1. The first-order valence-corrected chi connectivity index (χ1v) is 6.51. The van der Waals surface area contributed by atoms with Gasteiger partial charge in [-0.3, -0.25) is 9.59 Å². The van der Waals surface area contributed by atoms with Crippen molar-refractivity contribution in [2.45, 2.75) is 18.9 Å². The summed E-state index contributed by atoms with van der Waals surface area (Å²) < 4.78 is 0. The van der Waals surface area contributed by atoms with E-state index in [1.54, 1.807) is 20.2 Å². The van der Waals surface area contributed by atoms with E-state index in [2.05, 4.69) is 10.2 Å². The number of amides is 2. The van der Waals surface area contributed by atoms with Crippen LogP contribution in [0.15, 0.2) is 18.2 Å². The van der Waals surface area contributed by atoms with Crippen LogP contribution in [0.3, 0.4) is 0 Å². The van der Waals surface area contributed by atoms with E-state index in [9.17, 15) is 9.59 Å². The fraction of sp³-hybridized carbons (Fsp3) is 0.429. The van der Waals surface area contributed by atoms with Crippen molar-refractivity contribution < 1.29 is 9.59 Å². The monoisotopic (exact) mass is 259 g/mol. The summed E-state index contributed by atoms with van der Waals surface area (Å²) in [6, 6.07) is 5.49. The van der Waals surface area contributed by atoms with Gasteiger partial charge in [0.2, 0.25) is 5.91 Å². The molecule has 0 radical (unpaired) electrons. The van der Waals surface area contributed by atoms with E-state index in [1.807, 2.05) is 12.1 Å². The van der Waals surface area contributed by atoms with Gasteiger partial charge in [0.25, 0.3) is 5.91 Å². The van der Waals surface area contributed by atoms with Crippen LogP contribution in [0, 0.1) is 0 Å². The van der Waals surface area contributed by atoms with Crippen LogP contribution in [-0.2, 0) is 4.79 Å². The van der Waals surface area contributed by atoms with Crippen molar-refractivity contribution in [3.8, 4) is 0 Å². The van der Waals surface area contributed by atoms with Crippen LogP contribution in [0.25, 0.3) is 0 Å². The quantitative estimate of drug-likeness (QED) is 0.827. The zero-order valence-electron chi connectivity index (χ0n) is 11.1. The van der Waals surface area contributed by atoms with Gasteiger partial charge in [0.15, 0.2) is 0 Å². The Hall–Kier alpha value is -2.04. The summed E-state index contributed by atoms with van der Waals surface area (Å²) in [5.74, 6) is -0.0138. The van der Waals surface area contributed by atoms with Gasteiger partial charge in [0.1, 0.15) is 6.04 Å². The number of hydrogen-bond donors (Lipinski definition) is 1. The largest absolute Gasteiger partial charge is 0.358 e. The number of carbonyl (C=O) groups is 2. The molecular formula is C14H17N3O2. The fourth-order valence-electron chi connectivity index (χ4n) is 2.82. The van der Waals surface area contributed by atoms with Gasteiger partial charge < -0.3 is 15.1 Å². The minimum Gasteiger partial charge on any atom is -0.358 e. The second-order valence-corrected chi connectivity index (χ2v) is 5.27. The summed E-state index contributed by atoms with van der Waals surface area (Å²) in [5.41, 5.74) is 2.37. The van der Waals surface area contributed by atoms with Crippen molar-refractivity contribution in [2.75, 3.05) is 30.9 Å². The molecule has 2 amide bonds. The summed E-state index contributed by atoms with van der Waals surface area (Å²) in [6.45, 7) is 0.909. The minimum absolute atomic E-state index is 0.0390. The molecule has 1 aromatic carbocycles. The lowest BCUT2D eigenvalue weighted by Gasteiger charge is -2.33. The number of anilines is 2. The number of fused-ring (bicyclic) bond motifs is 3. The minimum atomic E-state index is -0.0550. The highest BCUT2D eigenvalue weighted by Gasteiger charge is 2.36. The molecule has 1 atom stereocenters. The molecule has 3 rings (SSSR count). The maximum Gasteiger partial charge on any atom is 0.253 e. The molecule has 1 fully saturated rings. The van der Waals surface area contributed by atoms with Crippen LogP contribution < -0.4 is 10.2 Å². The predicted octanol–water partition coefficient (Wildman–Crippen LogP) is 1.31. The van der Waals surface area contributed by atoms with Crippen LogP contribution in [-0.4, -0.2) is 43.4 Å². The Morgan fingerprint density at radius 2 is 2.21 bits per heavy atom. The first-order valence-electron chi connectivity index (χ1n) is 6.51. The number of hydrogen-bond acceptors (Lipinski definition) is 3. The number of rotatable bonds is 1. The molecule has 0 aromatic heterocycles. The van der Waals surface area contributed by atoms with E-state index in [1.165, 1.54) is 4.90 Å². The molecule has 2 aliphatic rings. The van der Waals surface area contributed by atoms with Crippen molar-refractivity contribution in [3.63, 3.8) is 0 Å². The lowest BCUT2D eigenvalue weighted by atomic mass is 10.1. The Morgan fingerprint density at radius 3 is 2.95 bits per heavy atom. The number of nitrogens with zero attached hydrogens (tertiary/aromatic N) is 2. The van der Waals surface area contributed by atoms with Gasteiger partial charge in [-0.1, -0.05) is 0 Å². The molecule has 1 N–H and O–H groups in total. The highest BCUT2D eigenvalue weighted by Crippen LogP contribution is 2.37. The number of benzene rings is 1. The van der Waals surface area contributed by atoms with E-state index in [0.29, 0.717) is 5.56 Å². The van der Waals surface area contributed by atoms with Gasteiger partial charge in [-0.2, -0.15) is 0 Å². The molecule has 1 unspecified atom stereocenters. The van der Waals surface area contributed by atoms with Crippen LogP contribution in [0.2, 0.25) is 0 Å². The number of nitrogens with one attached hydrogen (secondary N) is 1. The van der Waals surface area contributed by atoms with E-state index < -0.39 is 0 Å². The summed E-state index contributed by atoms with van der Waals surface area (Å²) >= 11 is 0. The normalized spacial score (nSPS) is 20.6. The van der Waals surface area contributed by atoms with Crippen molar-refractivity contribution in [1.82, 2.24) is 4.90 Å². The average Bonchev–Trinajstić information content (AvgIpc) is 2.87. The van der Waals surface area contributed by atoms with E-state index >= 15 is 0 Å². The predicted molar refractivity (Wildman–Crippen MR) is 73.5 cm³/mol. The molecule has 2 heterocycles. The van der Waals surface area contributed by atoms with Crippen LogP contribution >= 0.6 is 0 Å². The summed E-state index contributed by atoms with van der Waals surface area (Å²) in [6.07, 6.45) is 1.94. The van der Waals surface area contributed by atoms with Crippen molar-refractivity contribution in [3.05, 3.63) is 23.8 Å². The highest BCUT2D eigenvalue weighted by molar-refractivity contribution is 6.06. The molecule has 1 aromatic rings. The lowest BCUT2D eigenvalue weighted by molar-refractivity contribution is -0.117. The second kappa shape index (κ2) is 4.26. The standard InChI is InChI=1S/C14H17N3O2/c1-16(2)14(19)9-5-6-11-10(8-9)15-13(18)12-4-3-7-17(11)12/h5-6,8,12H,3-4,7H2,1-2H3,(H,15,18). The smallest absolute Gasteiger partial charge is 0.253 e. The van der Waals surface area contributed by atoms with Crippen molar-refractivity contribution >= 4 is 23.2 Å². The summed E-state index contributed by atoms with van der Waals surface area (Å²) in [7, 11) is 3.44. The van der Waals surface area contributed by atoms with Crippen LogP contribution in [0.1, 0.15) is 23.2 Å². The molecule has 0 spiro atoms. The lowest BCUT2D eigenvalue weighted by Crippen LogP contribution is -2.44. The third kappa shape index (κ3) is 1.85. The molecule has 5 heteroatoms. The molecule has 0 saturated carbocycles. The SMILES string of the molecule is CN(C)C(=O)c1ccc2c(c1)NC(=O)C1CCCN21. The molecule has 0 aliphatic carbocycles. The average molecular weight is 259 g/mol. The highest BCUT2D eigenvalue weighted by atomic mass is 16.2. The van der Waals surface area contributed by atoms with Gasteiger partial charge >= 0.3 is 0 Å². The van der Waals surface area contributed by atoms with Gasteiger partial charge in [0.05, 0.1) is 11.4 Å². The summed E-state index contributed by atoms with van der Waals surface area (Å²) in [5, 5.41) is 2.91. The Kier molecular flexibility index (Phi) is 2.69. The van der Waals surface area contributed by atoms with Gasteiger partial charge in [-0.05, 0) is 31.0 Å². The van der Waals surface area contributed by atoms with Gasteiger partial charge in [0, 0.05) is 26.2 Å². The van der Waals surface area contributed by atoms with Crippen molar-refractivity contribution in [2.24, 2.45) is 0 Å². The van der Waals surface area contributed by atoms with E-state index in [4.69, 9.17) is 0 Å². The topological polar surface area (TPSA) is 52.7 Å². The van der Waals surface area contributed by atoms with Gasteiger partial charge in [-0.15, -0.1) is 0 Å². The third-order valence-corrected chi connectivity index (χ3v) is 3.77. The van der Waals surface area contributed by atoms with Crippen molar-refractivity contribution in [1.29, 1.82) is 0 Å². The molecule has 2 aliphatic heterocycles. The first kappa shape index (κ1) is 12.0. The maximum absolute atomic E-state index is 12.0. The molecule has 1 saturated heterocycles. The Bertz CT molecular complexity index is 554. The first-order chi connectivity index (χ1) is 9.08. The Balaban J connectivity index is 2.00. The molecule has 5 nitrogen and oxygen atoms in total. The van der Waals surface area contributed by atoms with E-state index in [0.717, 1.165) is 30.8 Å². The Morgan fingerprint density at radius 1 is 1.42 bits per heavy atom. The van der Waals surface area contributed by atoms with E-state index in [-0.39, 0.29) is 17.9 Å². The maximum atomic E-state index is 12.0. The second-order valence-electron chi connectivity index (χ2n) is 5.27. The molecular weight excluding hydrogens is 242 g/mol. The fourth-order valence-corrected chi connectivity index (χ4v) is 2.82. The van der Waals surface area contributed by atoms with Gasteiger partial charge in [-0.25, -0.2) is 0 Å². The zero-order chi connectivity index (χ0) is 13.6.